The van der Waals surface area contributed by atoms with E-state index in [4.69, 9.17) is 10.9 Å². The fourth-order valence-corrected chi connectivity index (χ4v) is 2.43. The second kappa shape index (κ2) is 5.91. The van der Waals surface area contributed by atoms with Crippen LogP contribution in [0.1, 0.15) is 31.7 Å². The number of benzene rings is 1. The molecule has 104 valence electrons. The van der Waals surface area contributed by atoms with E-state index in [2.05, 4.69) is 17.0 Å². The molecule has 0 radical (unpaired) electrons. The lowest BCUT2D eigenvalue weighted by Crippen LogP contribution is -2.34. The van der Waals surface area contributed by atoms with E-state index >= 15 is 0 Å². The summed E-state index contributed by atoms with van der Waals surface area (Å²) in [5, 5.41) is 11.8. The zero-order chi connectivity index (χ0) is 13.8. The fourth-order valence-electron chi connectivity index (χ4n) is 2.43. The number of amidine groups is 1. The van der Waals surface area contributed by atoms with Gasteiger partial charge in [-0.15, -0.1) is 0 Å². The van der Waals surface area contributed by atoms with E-state index in [0.717, 1.165) is 18.8 Å². The topological polar surface area (TPSA) is 61.8 Å². The second-order valence-corrected chi connectivity index (χ2v) is 4.98. The monoisotopic (exact) mass is 265 g/mol. The fraction of sp³-hybridized carbons (Fsp3) is 0.500. The molecule has 1 aliphatic rings. The summed E-state index contributed by atoms with van der Waals surface area (Å²) in [5.74, 6) is 0.261. The molecule has 1 fully saturated rings. The van der Waals surface area contributed by atoms with Crippen LogP contribution in [0.3, 0.4) is 0 Å². The molecule has 0 bridgehead atoms. The van der Waals surface area contributed by atoms with Gasteiger partial charge in [-0.1, -0.05) is 11.6 Å². The van der Waals surface area contributed by atoms with Gasteiger partial charge in [0.25, 0.3) is 0 Å². The highest BCUT2D eigenvalue weighted by Crippen LogP contribution is 2.30. The van der Waals surface area contributed by atoms with E-state index in [1.54, 1.807) is 6.07 Å². The van der Waals surface area contributed by atoms with Crippen LogP contribution >= 0.6 is 0 Å². The third-order valence-corrected chi connectivity index (χ3v) is 3.77. The summed E-state index contributed by atoms with van der Waals surface area (Å²) in [6.45, 7) is 3.81. The number of hydrogen-bond acceptors (Lipinski definition) is 3. The quantitative estimate of drug-likeness (QED) is 0.372. The summed E-state index contributed by atoms with van der Waals surface area (Å²) in [7, 11) is 0. The summed E-state index contributed by atoms with van der Waals surface area (Å²) in [6.07, 6.45) is 3.78. The molecule has 1 aromatic carbocycles. The first kappa shape index (κ1) is 13.6. The van der Waals surface area contributed by atoms with Crippen molar-refractivity contribution >= 4 is 11.5 Å². The van der Waals surface area contributed by atoms with E-state index in [1.807, 2.05) is 0 Å². The van der Waals surface area contributed by atoms with Crippen LogP contribution in [0.2, 0.25) is 0 Å². The minimum Gasteiger partial charge on any atom is -0.409 e. The molecule has 0 amide bonds. The lowest BCUT2D eigenvalue weighted by atomic mass is 9.85. The Bertz CT molecular complexity index is 472. The van der Waals surface area contributed by atoms with Crippen molar-refractivity contribution in [3.05, 3.63) is 29.6 Å². The van der Waals surface area contributed by atoms with Gasteiger partial charge in [-0.05, 0) is 43.9 Å². The van der Waals surface area contributed by atoms with Crippen molar-refractivity contribution in [1.29, 1.82) is 0 Å². The SMILES string of the molecule is CCN(CC1CCC1)c1ccc(F)cc1/C(N)=N/O. The molecule has 1 aromatic rings. The zero-order valence-electron chi connectivity index (χ0n) is 11.1. The Labute approximate surface area is 112 Å². The van der Waals surface area contributed by atoms with E-state index in [-0.39, 0.29) is 11.7 Å². The van der Waals surface area contributed by atoms with Gasteiger partial charge < -0.3 is 15.8 Å². The smallest absolute Gasteiger partial charge is 0.172 e. The molecule has 4 nitrogen and oxygen atoms in total. The molecule has 1 saturated carbocycles. The normalized spacial score (nSPS) is 16.2. The van der Waals surface area contributed by atoms with Crippen LogP contribution in [0.15, 0.2) is 23.4 Å². The van der Waals surface area contributed by atoms with Crippen molar-refractivity contribution in [2.45, 2.75) is 26.2 Å². The van der Waals surface area contributed by atoms with Crippen LogP contribution in [-0.4, -0.2) is 24.1 Å². The van der Waals surface area contributed by atoms with E-state index in [0.29, 0.717) is 11.5 Å². The van der Waals surface area contributed by atoms with Gasteiger partial charge in [-0.25, -0.2) is 4.39 Å². The molecule has 0 atom stereocenters. The molecule has 0 aliphatic heterocycles. The van der Waals surface area contributed by atoms with Crippen LogP contribution in [0, 0.1) is 11.7 Å². The van der Waals surface area contributed by atoms with Crippen molar-refractivity contribution < 1.29 is 9.60 Å². The van der Waals surface area contributed by atoms with Gasteiger partial charge in [0.15, 0.2) is 5.84 Å². The third kappa shape index (κ3) is 2.97. The van der Waals surface area contributed by atoms with Crippen molar-refractivity contribution in [2.75, 3.05) is 18.0 Å². The molecule has 0 heterocycles. The van der Waals surface area contributed by atoms with Crippen LogP contribution in [0.5, 0.6) is 0 Å². The van der Waals surface area contributed by atoms with Gasteiger partial charge in [-0.2, -0.15) is 0 Å². The van der Waals surface area contributed by atoms with Crippen LogP contribution < -0.4 is 10.6 Å². The Morgan fingerprint density at radius 1 is 1.53 bits per heavy atom. The van der Waals surface area contributed by atoms with E-state index in [1.165, 1.54) is 31.4 Å². The molecule has 0 saturated heterocycles. The number of oxime groups is 1. The first-order chi connectivity index (χ1) is 9.15. The largest absolute Gasteiger partial charge is 0.409 e. The molecule has 1 aliphatic carbocycles. The highest BCUT2D eigenvalue weighted by Gasteiger charge is 2.22. The minimum absolute atomic E-state index is 0.0541. The molecule has 3 N–H and O–H groups in total. The highest BCUT2D eigenvalue weighted by atomic mass is 19.1. The van der Waals surface area contributed by atoms with Gasteiger partial charge in [0, 0.05) is 24.3 Å². The van der Waals surface area contributed by atoms with E-state index in [9.17, 15) is 4.39 Å². The standard InChI is InChI=1S/C14H20FN3O/c1-2-18(9-10-4-3-5-10)13-7-6-11(15)8-12(13)14(16)17-19/h6-8,10,19H,2-5,9H2,1H3,(H2,16,17). The maximum atomic E-state index is 13.3. The van der Waals surface area contributed by atoms with Crippen molar-refractivity contribution in [3.63, 3.8) is 0 Å². The number of anilines is 1. The number of halogens is 1. The Balaban J connectivity index is 2.29. The molecule has 0 unspecified atom stereocenters. The number of nitrogens with two attached hydrogens (primary N) is 1. The third-order valence-electron chi connectivity index (χ3n) is 3.77. The predicted octanol–water partition coefficient (Wildman–Crippen LogP) is 2.55. The van der Waals surface area contributed by atoms with Gasteiger partial charge >= 0.3 is 0 Å². The second-order valence-electron chi connectivity index (χ2n) is 4.98. The molecule has 2 rings (SSSR count). The van der Waals surface area contributed by atoms with Crippen LogP contribution in [0.4, 0.5) is 10.1 Å². The van der Waals surface area contributed by atoms with Crippen LogP contribution in [-0.2, 0) is 0 Å². The molecular formula is C14H20FN3O. The number of hydrogen-bond donors (Lipinski definition) is 2. The molecule has 19 heavy (non-hydrogen) atoms. The molecule has 0 spiro atoms. The predicted molar refractivity (Wildman–Crippen MR) is 74.1 cm³/mol. The summed E-state index contributed by atoms with van der Waals surface area (Å²) in [4.78, 5) is 2.16. The number of nitrogens with zero attached hydrogens (tertiary/aromatic N) is 2. The summed E-state index contributed by atoms with van der Waals surface area (Å²) in [5.41, 5.74) is 6.91. The maximum absolute atomic E-state index is 13.3. The van der Waals surface area contributed by atoms with Gasteiger partial charge in [0.05, 0.1) is 0 Å². The Kier molecular flexibility index (Phi) is 4.24. The molecule has 0 aromatic heterocycles. The van der Waals surface area contributed by atoms with Gasteiger partial charge in [0.2, 0.25) is 0 Å². The first-order valence-corrected chi connectivity index (χ1v) is 6.68. The minimum atomic E-state index is -0.384. The zero-order valence-corrected chi connectivity index (χ0v) is 11.1. The number of rotatable bonds is 5. The summed E-state index contributed by atoms with van der Waals surface area (Å²) in [6, 6.07) is 4.42. The molecule has 5 heteroatoms. The Morgan fingerprint density at radius 3 is 2.79 bits per heavy atom. The first-order valence-electron chi connectivity index (χ1n) is 6.68. The Hall–Kier alpha value is -1.78. The van der Waals surface area contributed by atoms with Crippen molar-refractivity contribution in [3.8, 4) is 0 Å². The van der Waals surface area contributed by atoms with Gasteiger partial charge in [0.1, 0.15) is 5.82 Å². The Morgan fingerprint density at radius 2 is 2.26 bits per heavy atom. The maximum Gasteiger partial charge on any atom is 0.172 e. The van der Waals surface area contributed by atoms with Crippen molar-refractivity contribution in [2.24, 2.45) is 16.8 Å². The molecular weight excluding hydrogens is 245 g/mol. The average Bonchev–Trinajstić information content (AvgIpc) is 2.37. The highest BCUT2D eigenvalue weighted by molar-refractivity contribution is 6.02. The van der Waals surface area contributed by atoms with E-state index < -0.39 is 0 Å². The summed E-state index contributed by atoms with van der Waals surface area (Å²) < 4.78 is 13.3. The lowest BCUT2D eigenvalue weighted by molar-refractivity contribution is 0.317. The average molecular weight is 265 g/mol. The van der Waals surface area contributed by atoms with Gasteiger partial charge in [-0.3, -0.25) is 0 Å². The lowest BCUT2D eigenvalue weighted by Gasteiger charge is -2.34. The summed E-state index contributed by atoms with van der Waals surface area (Å²) >= 11 is 0. The van der Waals surface area contributed by atoms with Crippen molar-refractivity contribution in [1.82, 2.24) is 0 Å². The van der Waals surface area contributed by atoms with Crippen LogP contribution in [0.25, 0.3) is 0 Å².